The van der Waals surface area contributed by atoms with E-state index in [0.717, 1.165) is 11.1 Å². The van der Waals surface area contributed by atoms with Crippen LogP contribution in [-0.4, -0.2) is 42.3 Å². The van der Waals surface area contributed by atoms with Crippen LogP contribution in [0.5, 0.6) is 0 Å². The fourth-order valence-corrected chi connectivity index (χ4v) is 4.72. The predicted molar refractivity (Wildman–Crippen MR) is 135 cm³/mol. The van der Waals surface area contributed by atoms with Crippen LogP contribution in [0.3, 0.4) is 0 Å². The van der Waals surface area contributed by atoms with E-state index in [1.807, 2.05) is 45.0 Å². The molecule has 0 fully saturated rings. The Morgan fingerprint density at radius 2 is 1.54 bits per heavy atom. The molecule has 0 heterocycles. The molecule has 7 nitrogen and oxygen atoms in total. The Morgan fingerprint density at radius 1 is 0.971 bits per heavy atom. The van der Waals surface area contributed by atoms with Gasteiger partial charge in [-0.1, -0.05) is 69.3 Å². The Hall–Kier alpha value is -3.35. The number of carboxylic acids is 1. The number of carbonyl (C=O) groups excluding carboxylic acids is 2. The number of carbonyl (C=O) groups is 3. The molecule has 0 saturated heterocycles. The van der Waals surface area contributed by atoms with Crippen molar-refractivity contribution in [3.8, 4) is 11.1 Å². The normalized spacial score (nSPS) is 13.5. The third-order valence-electron chi connectivity index (χ3n) is 7.31. The Balaban J connectivity index is 1.49. The zero-order valence-corrected chi connectivity index (χ0v) is 20.8. The van der Waals surface area contributed by atoms with Crippen LogP contribution in [0.4, 0.5) is 4.79 Å². The van der Waals surface area contributed by atoms with Gasteiger partial charge in [0.25, 0.3) is 0 Å². The highest BCUT2D eigenvalue weighted by Crippen LogP contribution is 2.44. The Morgan fingerprint density at radius 3 is 2.06 bits per heavy atom. The number of rotatable bonds is 12. The summed E-state index contributed by atoms with van der Waals surface area (Å²) >= 11 is 0. The average molecular weight is 481 g/mol. The van der Waals surface area contributed by atoms with Crippen molar-refractivity contribution in [2.45, 2.75) is 64.8 Å². The van der Waals surface area contributed by atoms with Crippen LogP contribution in [-0.2, 0) is 14.3 Å². The number of nitrogens with one attached hydrogen (secondary N) is 2. The largest absolute Gasteiger partial charge is 0.481 e. The lowest BCUT2D eigenvalue weighted by molar-refractivity contribution is -0.149. The zero-order chi connectivity index (χ0) is 25.4. The minimum absolute atomic E-state index is 0.00867. The smallest absolute Gasteiger partial charge is 0.407 e. The number of hydrogen-bond donors (Lipinski definition) is 3. The molecule has 0 spiro atoms. The Kier molecular flexibility index (Phi) is 8.90. The number of amides is 2. The zero-order valence-electron chi connectivity index (χ0n) is 20.8. The van der Waals surface area contributed by atoms with Gasteiger partial charge >= 0.3 is 12.1 Å². The first-order chi connectivity index (χ1) is 16.8. The van der Waals surface area contributed by atoms with Crippen LogP contribution in [0.25, 0.3) is 11.1 Å². The number of fused-ring (bicyclic) bond motifs is 3. The van der Waals surface area contributed by atoms with Gasteiger partial charge < -0.3 is 20.5 Å². The lowest BCUT2D eigenvalue weighted by Gasteiger charge is -2.27. The molecule has 0 bridgehead atoms. The van der Waals surface area contributed by atoms with E-state index >= 15 is 0 Å². The molecule has 1 aliphatic carbocycles. The fourth-order valence-electron chi connectivity index (χ4n) is 4.72. The SMILES string of the molecule is CCC(CCC(=O)NCC(CC)(CC)C(=O)O)NC(=O)OCC1c2ccccc2-c2ccccc21. The first kappa shape index (κ1) is 26.3. The van der Waals surface area contributed by atoms with Gasteiger partial charge in [0, 0.05) is 24.9 Å². The van der Waals surface area contributed by atoms with Crippen molar-refractivity contribution >= 4 is 18.0 Å². The maximum absolute atomic E-state index is 12.5. The summed E-state index contributed by atoms with van der Waals surface area (Å²) in [6.45, 7) is 5.91. The highest BCUT2D eigenvalue weighted by molar-refractivity contribution is 5.80. The molecular weight excluding hydrogens is 444 g/mol. The van der Waals surface area contributed by atoms with Crippen LogP contribution < -0.4 is 10.6 Å². The predicted octanol–water partition coefficient (Wildman–Crippen LogP) is 5.09. The maximum Gasteiger partial charge on any atom is 0.407 e. The molecule has 3 rings (SSSR count). The highest BCUT2D eigenvalue weighted by Gasteiger charge is 2.35. The Labute approximate surface area is 207 Å². The molecule has 2 aromatic carbocycles. The van der Waals surface area contributed by atoms with Gasteiger partial charge in [0.15, 0.2) is 0 Å². The summed E-state index contributed by atoms with van der Waals surface area (Å²) in [4.78, 5) is 36.5. The molecule has 2 aromatic rings. The van der Waals surface area contributed by atoms with Gasteiger partial charge in [0.05, 0.1) is 5.41 Å². The van der Waals surface area contributed by atoms with E-state index in [2.05, 4.69) is 34.9 Å². The summed E-state index contributed by atoms with van der Waals surface area (Å²) in [6, 6.07) is 16.1. The highest BCUT2D eigenvalue weighted by atomic mass is 16.5. The van der Waals surface area contributed by atoms with Gasteiger partial charge in [-0.2, -0.15) is 0 Å². The van der Waals surface area contributed by atoms with Crippen molar-refractivity contribution in [2.24, 2.45) is 5.41 Å². The molecule has 7 heteroatoms. The molecule has 0 aromatic heterocycles. The molecule has 2 amide bonds. The summed E-state index contributed by atoms with van der Waals surface area (Å²) in [5.74, 6) is -1.12. The van der Waals surface area contributed by atoms with E-state index in [1.165, 1.54) is 11.1 Å². The van der Waals surface area contributed by atoms with Crippen molar-refractivity contribution in [1.82, 2.24) is 10.6 Å². The van der Waals surface area contributed by atoms with Gasteiger partial charge in [-0.15, -0.1) is 0 Å². The second-order valence-corrected chi connectivity index (χ2v) is 9.18. The summed E-state index contributed by atoms with van der Waals surface area (Å²) in [5.41, 5.74) is 3.71. The summed E-state index contributed by atoms with van der Waals surface area (Å²) in [7, 11) is 0. The minimum atomic E-state index is -0.945. The average Bonchev–Trinajstić information content (AvgIpc) is 3.19. The Bertz CT molecular complexity index is 1000. The number of carboxylic acid groups (broad SMARTS) is 1. The van der Waals surface area contributed by atoms with Gasteiger partial charge in [-0.25, -0.2) is 4.79 Å². The topological polar surface area (TPSA) is 105 Å². The molecule has 0 aliphatic heterocycles. The molecule has 35 heavy (non-hydrogen) atoms. The van der Waals surface area contributed by atoms with E-state index in [4.69, 9.17) is 4.74 Å². The van der Waals surface area contributed by atoms with E-state index in [1.54, 1.807) is 0 Å². The first-order valence-electron chi connectivity index (χ1n) is 12.5. The quantitative estimate of drug-likeness (QED) is 0.392. The van der Waals surface area contributed by atoms with Crippen LogP contribution in [0.1, 0.15) is 69.9 Å². The second kappa shape index (κ2) is 11.9. The van der Waals surface area contributed by atoms with Crippen molar-refractivity contribution in [3.63, 3.8) is 0 Å². The summed E-state index contributed by atoms with van der Waals surface area (Å²) < 4.78 is 5.61. The monoisotopic (exact) mass is 480 g/mol. The number of ether oxygens (including phenoxy) is 1. The van der Waals surface area contributed by atoms with E-state index in [0.29, 0.717) is 25.7 Å². The van der Waals surface area contributed by atoms with Crippen LogP contribution in [0.15, 0.2) is 48.5 Å². The summed E-state index contributed by atoms with van der Waals surface area (Å²) in [6.07, 6.45) is 1.69. The summed E-state index contributed by atoms with van der Waals surface area (Å²) in [5, 5.41) is 15.1. The van der Waals surface area contributed by atoms with Gasteiger partial charge in [0.2, 0.25) is 5.91 Å². The van der Waals surface area contributed by atoms with E-state index in [-0.39, 0.29) is 37.4 Å². The second-order valence-electron chi connectivity index (χ2n) is 9.18. The molecule has 3 N–H and O–H groups in total. The molecule has 0 radical (unpaired) electrons. The standard InChI is InChI=1S/C28H36N2O5/c1-4-19(15-16-25(31)29-18-28(5-2,6-3)26(32)33)30-27(34)35-17-24-22-13-9-7-11-20(22)21-12-8-10-14-23(21)24/h7-14,19,24H,4-6,15-18H2,1-3H3,(H,29,31)(H,30,34)(H,32,33). The van der Waals surface area contributed by atoms with Crippen LogP contribution in [0.2, 0.25) is 0 Å². The third-order valence-corrected chi connectivity index (χ3v) is 7.31. The van der Waals surface area contributed by atoms with Crippen molar-refractivity contribution in [2.75, 3.05) is 13.2 Å². The third kappa shape index (κ3) is 6.02. The van der Waals surface area contributed by atoms with Gasteiger partial charge in [-0.05, 0) is 47.9 Å². The number of alkyl carbamates (subject to hydrolysis) is 1. The first-order valence-corrected chi connectivity index (χ1v) is 12.5. The van der Waals surface area contributed by atoms with Gasteiger partial charge in [0.1, 0.15) is 6.61 Å². The van der Waals surface area contributed by atoms with Gasteiger partial charge in [-0.3, -0.25) is 9.59 Å². The van der Waals surface area contributed by atoms with E-state index in [9.17, 15) is 19.5 Å². The maximum atomic E-state index is 12.5. The number of hydrogen-bond acceptors (Lipinski definition) is 4. The molecule has 1 atom stereocenters. The van der Waals surface area contributed by atoms with E-state index < -0.39 is 17.5 Å². The van der Waals surface area contributed by atoms with Crippen LogP contribution in [0, 0.1) is 5.41 Å². The number of benzene rings is 2. The van der Waals surface area contributed by atoms with Crippen LogP contribution >= 0.6 is 0 Å². The van der Waals surface area contributed by atoms with Crippen molar-refractivity contribution in [1.29, 1.82) is 0 Å². The minimum Gasteiger partial charge on any atom is -0.481 e. The number of aliphatic carboxylic acids is 1. The molecule has 0 saturated carbocycles. The molecular formula is C28H36N2O5. The lowest BCUT2D eigenvalue weighted by Crippen LogP contribution is -2.43. The molecule has 188 valence electrons. The van der Waals surface area contributed by atoms with Crippen molar-refractivity contribution < 1.29 is 24.2 Å². The fraction of sp³-hybridized carbons (Fsp3) is 0.464. The van der Waals surface area contributed by atoms with Crippen molar-refractivity contribution in [3.05, 3.63) is 59.7 Å². The molecule has 1 aliphatic rings. The molecule has 1 unspecified atom stereocenters. The lowest BCUT2D eigenvalue weighted by atomic mass is 9.82.